The van der Waals surface area contributed by atoms with Crippen molar-refractivity contribution in [2.24, 2.45) is 0 Å². The lowest BCUT2D eigenvalue weighted by molar-refractivity contribution is -0.385. The number of anilines is 1. The van der Waals surface area contributed by atoms with Crippen LogP contribution in [0.1, 0.15) is 0 Å². The molecule has 0 aliphatic rings. The zero-order chi connectivity index (χ0) is 39.9. The van der Waals surface area contributed by atoms with Crippen LogP contribution in [-0.2, 0) is 19.7 Å². The summed E-state index contributed by atoms with van der Waals surface area (Å²) in [6, 6.07) is 16.1. The Labute approximate surface area is 336 Å². The molecule has 4 aromatic rings. The molecule has 0 aromatic heterocycles. The van der Waals surface area contributed by atoms with E-state index < -0.39 is 40.3 Å². The molecule has 4 aromatic carbocycles. The summed E-state index contributed by atoms with van der Waals surface area (Å²) in [6.07, 6.45) is 5.81. The van der Waals surface area contributed by atoms with Crippen LogP contribution in [0.4, 0.5) is 27.1 Å². The molecule has 0 amide bonds. The van der Waals surface area contributed by atoms with Gasteiger partial charge in [-0.1, -0.05) is 0 Å². The van der Waals surface area contributed by atoms with Crippen molar-refractivity contribution < 1.29 is 36.0 Å². The maximum atomic E-state index is 12.5. The fourth-order valence-electron chi connectivity index (χ4n) is 3.09. The standard InChI is InChI=1S/C7H6BrNO4S.C7H8BrNO2S.C7H6BrNO2S.C6H3BrFNO2.CH4S/c1-14(12,13)7-3-2-5(9(10)11)4-6(7)8;1-12(10,11)7-3-2-5(9)4-6(7)8;1-12-7-3-2-5(9(10)11)4-6(7)8;7-5-3-4(9(10)11)1-2-6(5)8;1-2/h2-4H,1H3;2-4H,9H2,1H3;2-4H,1H3;1-3H;2H,1H3. The minimum Gasteiger partial charge on any atom is -0.399 e. The van der Waals surface area contributed by atoms with Gasteiger partial charge < -0.3 is 5.73 Å². The molecule has 0 atom stereocenters. The highest BCUT2D eigenvalue weighted by molar-refractivity contribution is 9.11. The van der Waals surface area contributed by atoms with Crippen LogP contribution in [0.25, 0.3) is 0 Å². The monoisotopic (exact) mass is 1040 g/mol. The first-order valence-electron chi connectivity index (χ1n) is 12.9. The molecule has 0 saturated carbocycles. The second-order valence-corrected chi connectivity index (χ2v) is 17.3. The summed E-state index contributed by atoms with van der Waals surface area (Å²) >= 11 is 17.3. The Kier molecular flexibility index (Phi) is 21.2. The van der Waals surface area contributed by atoms with Crippen LogP contribution in [0.5, 0.6) is 0 Å². The lowest BCUT2D eigenvalue weighted by Crippen LogP contribution is -1.99. The number of halogens is 5. The van der Waals surface area contributed by atoms with Gasteiger partial charge in [0.1, 0.15) is 5.82 Å². The molecule has 4 rings (SSSR count). The van der Waals surface area contributed by atoms with Crippen molar-refractivity contribution in [1.82, 2.24) is 0 Å². The number of nitro benzene ring substituents is 3. The number of nitro groups is 3. The van der Waals surface area contributed by atoms with Crippen molar-refractivity contribution in [1.29, 1.82) is 0 Å². The predicted molar refractivity (Wildman–Crippen MR) is 214 cm³/mol. The van der Waals surface area contributed by atoms with Crippen LogP contribution in [0.2, 0.25) is 0 Å². The minimum absolute atomic E-state index is 0.0445. The summed E-state index contributed by atoms with van der Waals surface area (Å²) in [5, 5.41) is 30.8. The van der Waals surface area contributed by atoms with Crippen LogP contribution < -0.4 is 5.73 Å². The van der Waals surface area contributed by atoms with Crippen molar-refractivity contribution in [2.75, 3.05) is 30.8 Å². The Morgan fingerprint density at radius 3 is 1.31 bits per heavy atom. The normalized spacial score (nSPS) is 10.3. The Bertz CT molecular complexity index is 2100. The molecular weight excluding hydrogens is 1020 g/mol. The number of sulfone groups is 2. The lowest BCUT2D eigenvalue weighted by Gasteiger charge is -2.01. The first-order valence-corrected chi connectivity index (χ1v) is 22.0. The topological polar surface area (TPSA) is 224 Å². The van der Waals surface area contributed by atoms with Gasteiger partial charge in [-0.25, -0.2) is 21.2 Å². The number of thioether (sulfide) groups is 1. The second-order valence-electron chi connectivity index (χ2n) is 9.04. The molecule has 2 N–H and O–H groups in total. The van der Waals surface area contributed by atoms with Gasteiger partial charge in [0.15, 0.2) is 19.7 Å². The Hall–Kier alpha value is -2.67. The molecule has 51 heavy (non-hydrogen) atoms. The Morgan fingerprint density at radius 2 is 0.980 bits per heavy atom. The summed E-state index contributed by atoms with van der Waals surface area (Å²) in [5.41, 5.74) is 5.82. The van der Waals surface area contributed by atoms with Crippen LogP contribution in [0.15, 0.2) is 105 Å². The molecule has 0 unspecified atom stereocenters. The van der Waals surface area contributed by atoms with E-state index in [1.165, 1.54) is 24.3 Å². The molecular formula is C28H27Br4FN4O10S4. The summed E-state index contributed by atoms with van der Waals surface area (Å²) < 4.78 is 58.5. The van der Waals surface area contributed by atoms with Gasteiger partial charge in [-0.05, 0) is 113 Å². The molecule has 0 aliphatic heterocycles. The van der Waals surface area contributed by atoms with E-state index in [9.17, 15) is 51.6 Å². The number of nitrogens with zero attached hydrogens (tertiary/aromatic N) is 3. The van der Waals surface area contributed by atoms with Crippen LogP contribution >= 0.6 is 88.1 Å². The third kappa shape index (κ3) is 17.1. The third-order valence-corrected chi connectivity index (χ3v) is 11.8. The zero-order valence-corrected chi connectivity index (χ0v) is 36.2. The van der Waals surface area contributed by atoms with Gasteiger partial charge in [-0.2, -0.15) is 12.6 Å². The molecule has 0 fully saturated rings. The number of nitrogens with two attached hydrogens (primary N) is 1. The van der Waals surface area contributed by atoms with Crippen molar-refractivity contribution in [3.8, 4) is 0 Å². The van der Waals surface area contributed by atoms with Crippen molar-refractivity contribution in [3.63, 3.8) is 0 Å². The van der Waals surface area contributed by atoms with Gasteiger partial charge in [-0.15, -0.1) is 11.8 Å². The van der Waals surface area contributed by atoms with E-state index in [2.05, 4.69) is 76.3 Å². The summed E-state index contributed by atoms with van der Waals surface area (Å²) in [4.78, 5) is 30.5. The fraction of sp³-hybridized carbons (Fsp3) is 0.143. The van der Waals surface area contributed by atoms with Gasteiger partial charge in [0.2, 0.25) is 0 Å². The molecule has 0 aliphatic carbocycles. The van der Waals surface area contributed by atoms with Crippen molar-refractivity contribution in [2.45, 2.75) is 14.7 Å². The number of hydrogen-bond acceptors (Lipinski definition) is 13. The number of nitrogen functional groups attached to an aromatic ring is 1. The number of rotatable bonds is 6. The molecule has 23 heteroatoms. The van der Waals surface area contributed by atoms with E-state index in [4.69, 9.17) is 5.73 Å². The minimum atomic E-state index is -3.35. The Balaban J connectivity index is 0.000000645. The fourth-order valence-corrected chi connectivity index (χ4v) is 8.75. The number of benzene rings is 4. The molecule has 278 valence electrons. The molecule has 0 radical (unpaired) electrons. The van der Waals surface area contributed by atoms with Crippen LogP contribution in [0.3, 0.4) is 0 Å². The smallest absolute Gasteiger partial charge is 0.270 e. The van der Waals surface area contributed by atoms with E-state index in [-0.39, 0.29) is 35.8 Å². The summed E-state index contributed by atoms with van der Waals surface area (Å²) in [5.74, 6) is -0.504. The third-order valence-electron chi connectivity index (χ3n) is 5.34. The van der Waals surface area contributed by atoms with E-state index in [1.807, 2.05) is 6.26 Å². The highest BCUT2D eigenvalue weighted by atomic mass is 79.9. The van der Waals surface area contributed by atoms with Crippen molar-refractivity contribution in [3.05, 3.63) is 127 Å². The molecule has 0 spiro atoms. The average molecular weight is 1050 g/mol. The van der Waals surface area contributed by atoms with Crippen molar-refractivity contribution >= 4 is 131 Å². The summed E-state index contributed by atoms with van der Waals surface area (Å²) in [7, 11) is -6.50. The predicted octanol–water partition coefficient (Wildman–Crippen LogP) is 9.32. The molecule has 0 heterocycles. The van der Waals surface area contributed by atoms with E-state index in [1.54, 1.807) is 36.2 Å². The molecule has 14 nitrogen and oxygen atoms in total. The van der Waals surface area contributed by atoms with Gasteiger partial charge in [0, 0.05) is 72.9 Å². The van der Waals surface area contributed by atoms with Crippen LogP contribution in [-0.4, -0.2) is 56.6 Å². The number of non-ortho nitro benzene ring substituents is 3. The van der Waals surface area contributed by atoms with Crippen LogP contribution in [0, 0.1) is 36.2 Å². The lowest BCUT2D eigenvalue weighted by atomic mass is 10.3. The zero-order valence-electron chi connectivity index (χ0n) is 26.5. The van der Waals surface area contributed by atoms with Gasteiger partial charge >= 0.3 is 0 Å². The van der Waals surface area contributed by atoms with Gasteiger partial charge in [0.05, 0.1) is 29.0 Å². The maximum absolute atomic E-state index is 12.5. The number of thiol groups is 1. The average Bonchev–Trinajstić information content (AvgIpc) is 3.02. The Morgan fingerprint density at radius 1 is 0.627 bits per heavy atom. The molecule has 0 bridgehead atoms. The number of hydrogen-bond donors (Lipinski definition) is 2. The highest BCUT2D eigenvalue weighted by Gasteiger charge is 2.16. The van der Waals surface area contributed by atoms with Gasteiger partial charge in [-0.3, -0.25) is 30.3 Å². The van der Waals surface area contributed by atoms with E-state index in [0.717, 1.165) is 52.2 Å². The molecule has 0 saturated heterocycles. The quantitative estimate of drug-likeness (QED) is 0.0606. The highest BCUT2D eigenvalue weighted by Crippen LogP contribution is 2.29. The largest absolute Gasteiger partial charge is 0.399 e. The van der Waals surface area contributed by atoms with E-state index in [0.29, 0.717) is 10.2 Å². The first-order chi connectivity index (χ1) is 23.5. The summed E-state index contributed by atoms with van der Waals surface area (Å²) in [6.45, 7) is 0. The second kappa shape index (κ2) is 22.4. The van der Waals surface area contributed by atoms with Gasteiger partial charge in [0.25, 0.3) is 17.1 Å². The first kappa shape index (κ1) is 48.3. The maximum Gasteiger partial charge on any atom is 0.270 e. The van der Waals surface area contributed by atoms with E-state index >= 15 is 0 Å². The SMILES string of the molecule is CS.CS(=O)(=O)c1ccc(N)cc1Br.CS(=O)(=O)c1ccc([N+](=O)[O-])cc1Br.CSc1ccc([N+](=O)[O-])cc1Br.O=[N+]([O-])c1ccc(F)c(Br)c1.